The van der Waals surface area contributed by atoms with Crippen molar-refractivity contribution in [2.24, 2.45) is 0 Å². The molecule has 0 saturated heterocycles. The molecular weight excluding hydrogens is 416 g/mol. The molecule has 0 aromatic heterocycles. The van der Waals surface area contributed by atoms with Crippen molar-refractivity contribution in [1.82, 2.24) is 10.6 Å². The number of fused-ring (bicyclic) bond motifs is 1. The van der Waals surface area contributed by atoms with Crippen molar-refractivity contribution in [1.29, 1.82) is 0 Å². The first kappa shape index (κ1) is 23.3. The fourth-order valence-electron chi connectivity index (χ4n) is 5.29. The van der Waals surface area contributed by atoms with Gasteiger partial charge in [0.2, 0.25) is 5.91 Å². The number of hydrogen-bond acceptors (Lipinski definition) is 4. The Morgan fingerprint density at radius 1 is 1.16 bits per heavy atom. The second kappa shape index (κ2) is 10.4. The van der Waals surface area contributed by atoms with Crippen LogP contribution in [-0.4, -0.2) is 28.4 Å². The Kier molecular flexibility index (Phi) is 7.59. The van der Waals surface area contributed by atoms with Crippen LogP contribution in [0.5, 0.6) is 0 Å². The van der Waals surface area contributed by atoms with E-state index in [-0.39, 0.29) is 11.9 Å². The molecule has 4 rings (SSSR count). The summed E-state index contributed by atoms with van der Waals surface area (Å²) < 4.78 is 0.304. The Labute approximate surface area is 196 Å². The highest BCUT2D eigenvalue weighted by atomic mass is 32.2. The first-order valence-electron chi connectivity index (χ1n) is 12.0. The van der Waals surface area contributed by atoms with Crippen molar-refractivity contribution in [2.75, 3.05) is 6.54 Å². The molecule has 3 atom stereocenters. The molecule has 1 fully saturated rings. The standard InChI is InChI=1S/C27H36N2O2S/c1-3-20-12-13-25-22(16-20)23(17-27(32-25)14-8-5-9-15-27)28-18-24(31)26(29-19(2)30)21-10-6-4-7-11-21/h4,6-7,10-13,16,23-24,26,28,31H,3,5,8-9,14-15,17-18H2,1-2H3,(H,29,30)/t23-,24+,26-/m0/s1. The van der Waals surface area contributed by atoms with Gasteiger partial charge < -0.3 is 15.7 Å². The normalized spacial score (nSPS) is 21.5. The number of aryl methyl sites for hydroxylation is 1. The van der Waals surface area contributed by atoms with E-state index in [1.165, 1.54) is 55.1 Å². The molecule has 3 N–H and O–H groups in total. The van der Waals surface area contributed by atoms with E-state index in [2.05, 4.69) is 47.5 Å². The third-order valence-corrected chi connectivity index (χ3v) is 8.60. The lowest BCUT2D eigenvalue weighted by atomic mass is 9.81. The Morgan fingerprint density at radius 2 is 1.91 bits per heavy atom. The van der Waals surface area contributed by atoms with Crippen molar-refractivity contribution in [3.63, 3.8) is 0 Å². The number of amides is 1. The maximum atomic E-state index is 11.8. The Bertz CT molecular complexity index is 911. The number of aliphatic hydroxyl groups excluding tert-OH is 1. The summed E-state index contributed by atoms with van der Waals surface area (Å²) in [4.78, 5) is 13.2. The van der Waals surface area contributed by atoms with Gasteiger partial charge in [0, 0.05) is 29.2 Å². The second-order valence-electron chi connectivity index (χ2n) is 9.39. The molecule has 5 heteroatoms. The molecule has 0 unspecified atom stereocenters. The average molecular weight is 453 g/mol. The maximum Gasteiger partial charge on any atom is 0.217 e. The van der Waals surface area contributed by atoms with Crippen LogP contribution in [-0.2, 0) is 11.2 Å². The molecule has 1 amide bonds. The van der Waals surface area contributed by atoms with Crippen LogP contribution in [0.15, 0.2) is 53.4 Å². The number of benzene rings is 2. The molecule has 1 spiro atoms. The fourth-order valence-corrected chi connectivity index (χ4v) is 6.95. The summed E-state index contributed by atoms with van der Waals surface area (Å²) in [6.07, 6.45) is 7.91. The lowest BCUT2D eigenvalue weighted by molar-refractivity contribution is -0.120. The number of nitrogens with one attached hydrogen (secondary N) is 2. The third kappa shape index (κ3) is 5.38. The zero-order valence-electron chi connectivity index (χ0n) is 19.3. The molecule has 4 nitrogen and oxygen atoms in total. The van der Waals surface area contributed by atoms with Gasteiger partial charge in [0.1, 0.15) is 0 Å². The van der Waals surface area contributed by atoms with Crippen LogP contribution < -0.4 is 10.6 Å². The van der Waals surface area contributed by atoms with Gasteiger partial charge in [-0.15, -0.1) is 11.8 Å². The monoisotopic (exact) mass is 452 g/mol. The van der Waals surface area contributed by atoms with Gasteiger partial charge in [0.15, 0.2) is 0 Å². The highest BCUT2D eigenvalue weighted by Crippen LogP contribution is 2.54. The number of carbonyl (C=O) groups is 1. The molecule has 2 aromatic carbocycles. The van der Waals surface area contributed by atoms with Crippen molar-refractivity contribution in [3.8, 4) is 0 Å². The van der Waals surface area contributed by atoms with E-state index in [9.17, 15) is 9.90 Å². The fraction of sp³-hybridized carbons (Fsp3) is 0.519. The van der Waals surface area contributed by atoms with Gasteiger partial charge in [-0.1, -0.05) is 68.7 Å². The minimum atomic E-state index is -0.712. The second-order valence-corrected chi connectivity index (χ2v) is 10.9. The highest BCUT2D eigenvalue weighted by Gasteiger charge is 2.41. The molecular formula is C27H36N2O2S. The van der Waals surface area contributed by atoms with Crippen molar-refractivity contribution < 1.29 is 9.90 Å². The third-order valence-electron chi connectivity index (χ3n) is 7.00. The first-order chi connectivity index (χ1) is 15.5. The molecule has 1 saturated carbocycles. The maximum absolute atomic E-state index is 11.8. The minimum Gasteiger partial charge on any atom is -0.389 e. The zero-order valence-corrected chi connectivity index (χ0v) is 20.1. The number of aliphatic hydroxyl groups is 1. The Morgan fingerprint density at radius 3 is 2.59 bits per heavy atom. The molecule has 1 aliphatic carbocycles. The SMILES string of the molecule is CCc1ccc2c(c1)[C@@H](NC[C@@H](O)[C@@H](NC(C)=O)c1ccccc1)CC1(CCCCC1)S2. The summed E-state index contributed by atoms with van der Waals surface area (Å²) >= 11 is 2.09. The summed E-state index contributed by atoms with van der Waals surface area (Å²) in [7, 11) is 0. The molecule has 0 bridgehead atoms. The van der Waals surface area contributed by atoms with E-state index < -0.39 is 12.1 Å². The lowest BCUT2D eigenvalue weighted by Crippen LogP contribution is -2.44. The van der Waals surface area contributed by atoms with Crippen molar-refractivity contribution in [3.05, 3.63) is 65.2 Å². The predicted molar refractivity (Wildman–Crippen MR) is 132 cm³/mol. The zero-order chi connectivity index (χ0) is 22.6. The van der Waals surface area contributed by atoms with Crippen molar-refractivity contribution in [2.45, 2.75) is 86.6 Å². The molecule has 2 aromatic rings. The van der Waals surface area contributed by atoms with E-state index in [4.69, 9.17) is 0 Å². The minimum absolute atomic E-state index is 0.133. The van der Waals surface area contributed by atoms with Gasteiger partial charge in [-0.25, -0.2) is 0 Å². The number of thioether (sulfide) groups is 1. The molecule has 1 heterocycles. The van der Waals surface area contributed by atoms with Gasteiger partial charge in [-0.3, -0.25) is 4.79 Å². The van der Waals surface area contributed by atoms with E-state index in [1.54, 1.807) is 0 Å². The molecule has 0 radical (unpaired) electrons. The number of carbonyl (C=O) groups excluding carboxylic acids is 1. The molecule has 2 aliphatic rings. The van der Waals surface area contributed by atoms with E-state index in [0.717, 1.165) is 18.4 Å². The molecule has 32 heavy (non-hydrogen) atoms. The Hall–Kier alpha value is -1.82. The Balaban J connectivity index is 1.54. The van der Waals surface area contributed by atoms with Gasteiger partial charge >= 0.3 is 0 Å². The summed E-state index contributed by atoms with van der Waals surface area (Å²) in [6, 6.07) is 16.5. The quantitative estimate of drug-likeness (QED) is 0.532. The topological polar surface area (TPSA) is 61.4 Å². The van der Waals surface area contributed by atoms with Crippen LogP contribution in [0.25, 0.3) is 0 Å². The van der Waals surface area contributed by atoms with Gasteiger partial charge in [0.05, 0.1) is 12.1 Å². The summed E-state index contributed by atoms with van der Waals surface area (Å²) in [5.74, 6) is -0.133. The molecule has 1 aliphatic heterocycles. The van der Waals surface area contributed by atoms with Crippen molar-refractivity contribution >= 4 is 17.7 Å². The predicted octanol–water partition coefficient (Wildman–Crippen LogP) is 5.32. The van der Waals surface area contributed by atoms with Gasteiger partial charge in [-0.2, -0.15) is 0 Å². The number of hydrogen-bond donors (Lipinski definition) is 3. The van der Waals surface area contributed by atoms with E-state index in [1.807, 2.05) is 30.3 Å². The van der Waals surface area contributed by atoms with Crippen LogP contribution in [0.3, 0.4) is 0 Å². The summed E-state index contributed by atoms with van der Waals surface area (Å²) in [5, 5.41) is 17.8. The van der Waals surface area contributed by atoms with Gasteiger partial charge in [-0.05, 0) is 48.4 Å². The van der Waals surface area contributed by atoms with Crippen LogP contribution >= 0.6 is 11.8 Å². The van der Waals surface area contributed by atoms with Crippen LogP contribution in [0.2, 0.25) is 0 Å². The summed E-state index contributed by atoms with van der Waals surface area (Å²) in [6.45, 7) is 4.13. The van der Waals surface area contributed by atoms with E-state index >= 15 is 0 Å². The smallest absolute Gasteiger partial charge is 0.217 e. The van der Waals surface area contributed by atoms with Gasteiger partial charge in [0.25, 0.3) is 0 Å². The molecule has 172 valence electrons. The summed E-state index contributed by atoms with van der Waals surface area (Å²) in [5.41, 5.74) is 3.65. The first-order valence-corrected chi connectivity index (χ1v) is 12.9. The van der Waals surface area contributed by atoms with Crippen LogP contribution in [0, 0.1) is 0 Å². The number of rotatable bonds is 7. The highest BCUT2D eigenvalue weighted by molar-refractivity contribution is 8.00. The average Bonchev–Trinajstić information content (AvgIpc) is 2.81. The van der Waals surface area contributed by atoms with E-state index in [0.29, 0.717) is 11.3 Å². The lowest BCUT2D eigenvalue weighted by Gasteiger charge is -2.44. The van der Waals surface area contributed by atoms with Crippen LogP contribution in [0.4, 0.5) is 0 Å². The largest absolute Gasteiger partial charge is 0.389 e. The van der Waals surface area contributed by atoms with Crippen LogP contribution in [0.1, 0.15) is 81.1 Å².